The Hall–Kier alpha value is -6.85. The Morgan fingerprint density at radius 2 is 0.880 bits per heavy atom. The maximum atomic E-state index is 6.53. The standard InChI is InChI=1S/C45H27N3O2/c1-3-12-28(13-4-1)43-46-44(29-14-5-2-6-15-29)48-45(47-43)32-17-9-16-30(26-32)31-24-25-37-40(27-31)49-39-23-11-19-34(41(37)39)36-21-10-20-35-33-18-7-8-22-38(33)50-42(35)36/h1-27H. The Morgan fingerprint density at radius 1 is 0.320 bits per heavy atom. The summed E-state index contributed by atoms with van der Waals surface area (Å²) in [4.78, 5) is 14.7. The van der Waals surface area contributed by atoms with Gasteiger partial charge in [-0.25, -0.2) is 15.0 Å². The topological polar surface area (TPSA) is 65.0 Å². The van der Waals surface area contributed by atoms with Crippen LogP contribution in [0.15, 0.2) is 173 Å². The summed E-state index contributed by atoms with van der Waals surface area (Å²) in [6.07, 6.45) is 0. The third kappa shape index (κ3) is 4.67. The molecule has 0 atom stereocenters. The quantitative estimate of drug-likeness (QED) is 0.187. The molecule has 5 heteroatoms. The Balaban J connectivity index is 1.08. The number of hydrogen-bond donors (Lipinski definition) is 0. The summed E-state index contributed by atoms with van der Waals surface area (Å²) in [5.41, 5.74) is 10.4. The van der Waals surface area contributed by atoms with Gasteiger partial charge in [-0.2, -0.15) is 0 Å². The molecule has 7 aromatic carbocycles. The second kappa shape index (κ2) is 11.4. The van der Waals surface area contributed by atoms with Crippen LogP contribution >= 0.6 is 0 Å². The van der Waals surface area contributed by atoms with Crippen LogP contribution in [0.1, 0.15) is 0 Å². The minimum absolute atomic E-state index is 0.619. The summed E-state index contributed by atoms with van der Waals surface area (Å²) in [6, 6.07) is 55.6. The predicted octanol–water partition coefficient (Wildman–Crippen LogP) is 12.0. The van der Waals surface area contributed by atoms with E-state index in [2.05, 4.69) is 66.7 Å². The SMILES string of the molecule is c1ccc(-c2nc(-c3ccccc3)nc(-c3cccc(-c4ccc5c(c4)oc4cccc(-c6cccc7c6oc6ccccc67)c45)c3)n2)cc1. The number of fused-ring (bicyclic) bond motifs is 6. The van der Waals surface area contributed by atoms with E-state index in [1.165, 1.54) is 0 Å². The van der Waals surface area contributed by atoms with Crippen LogP contribution in [0, 0.1) is 0 Å². The van der Waals surface area contributed by atoms with E-state index in [1.807, 2.05) is 97.1 Å². The van der Waals surface area contributed by atoms with Crippen LogP contribution in [0.4, 0.5) is 0 Å². The van der Waals surface area contributed by atoms with Crippen molar-refractivity contribution >= 4 is 43.9 Å². The summed E-state index contributed by atoms with van der Waals surface area (Å²) in [6.45, 7) is 0. The van der Waals surface area contributed by atoms with E-state index in [0.29, 0.717) is 17.5 Å². The lowest BCUT2D eigenvalue weighted by Crippen LogP contribution is -2.00. The van der Waals surface area contributed by atoms with Gasteiger partial charge in [-0.15, -0.1) is 0 Å². The molecule has 10 aromatic rings. The first-order valence-corrected chi connectivity index (χ1v) is 16.6. The highest BCUT2D eigenvalue weighted by atomic mass is 16.3. The van der Waals surface area contributed by atoms with E-state index in [1.54, 1.807) is 0 Å². The minimum Gasteiger partial charge on any atom is -0.456 e. The lowest BCUT2D eigenvalue weighted by atomic mass is 9.96. The normalized spacial score (nSPS) is 11.6. The van der Waals surface area contributed by atoms with E-state index in [4.69, 9.17) is 23.8 Å². The lowest BCUT2D eigenvalue weighted by molar-refractivity contribution is 0.669. The van der Waals surface area contributed by atoms with Gasteiger partial charge in [0.1, 0.15) is 22.3 Å². The summed E-state index contributed by atoms with van der Waals surface area (Å²) in [5.74, 6) is 1.89. The molecule has 3 aromatic heterocycles. The van der Waals surface area contributed by atoms with Crippen LogP contribution in [-0.4, -0.2) is 15.0 Å². The smallest absolute Gasteiger partial charge is 0.164 e. The zero-order valence-electron chi connectivity index (χ0n) is 26.7. The Bertz CT molecular complexity index is 2810. The third-order valence-corrected chi connectivity index (χ3v) is 9.35. The van der Waals surface area contributed by atoms with Gasteiger partial charge in [0.2, 0.25) is 0 Å². The van der Waals surface area contributed by atoms with Crippen LogP contribution in [0.25, 0.3) is 100 Å². The second-order valence-electron chi connectivity index (χ2n) is 12.4. The van der Waals surface area contributed by atoms with Crippen LogP contribution in [-0.2, 0) is 0 Å². The molecule has 0 spiro atoms. The summed E-state index contributed by atoms with van der Waals surface area (Å²) >= 11 is 0. The van der Waals surface area contributed by atoms with Crippen LogP contribution in [0.3, 0.4) is 0 Å². The molecule has 0 aliphatic carbocycles. The van der Waals surface area contributed by atoms with Crippen molar-refractivity contribution in [2.45, 2.75) is 0 Å². The number of aromatic nitrogens is 3. The van der Waals surface area contributed by atoms with E-state index in [0.717, 1.165) is 82.8 Å². The second-order valence-corrected chi connectivity index (χ2v) is 12.4. The van der Waals surface area contributed by atoms with Gasteiger partial charge in [0, 0.05) is 43.8 Å². The van der Waals surface area contributed by atoms with E-state index in [9.17, 15) is 0 Å². The highest BCUT2D eigenvalue weighted by molar-refractivity contribution is 6.17. The molecule has 3 heterocycles. The summed E-state index contributed by atoms with van der Waals surface area (Å²) in [5, 5.41) is 4.35. The number of rotatable bonds is 5. The molecule has 50 heavy (non-hydrogen) atoms. The molecule has 0 bridgehead atoms. The van der Waals surface area contributed by atoms with Crippen molar-refractivity contribution in [2.75, 3.05) is 0 Å². The monoisotopic (exact) mass is 641 g/mol. The van der Waals surface area contributed by atoms with Crippen LogP contribution in [0.5, 0.6) is 0 Å². The van der Waals surface area contributed by atoms with Crippen molar-refractivity contribution in [3.63, 3.8) is 0 Å². The first kappa shape index (κ1) is 28.2. The van der Waals surface area contributed by atoms with Gasteiger partial charge in [0.15, 0.2) is 17.5 Å². The maximum absolute atomic E-state index is 6.53. The molecule has 0 aliphatic rings. The number of para-hydroxylation sites is 2. The molecule has 5 nitrogen and oxygen atoms in total. The molecule has 0 amide bonds. The first-order chi connectivity index (χ1) is 24.8. The number of furan rings is 2. The third-order valence-electron chi connectivity index (χ3n) is 9.35. The Labute approximate surface area is 287 Å². The van der Waals surface area contributed by atoms with Crippen LogP contribution in [0.2, 0.25) is 0 Å². The van der Waals surface area contributed by atoms with Crippen molar-refractivity contribution in [2.24, 2.45) is 0 Å². The molecular weight excluding hydrogens is 615 g/mol. The molecule has 0 aliphatic heterocycles. The maximum Gasteiger partial charge on any atom is 0.164 e. The van der Waals surface area contributed by atoms with E-state index in [-0.39, 0.29) is 0 Å². The molecule has 234 valence electrons. The summed E-state index contributed by atoms with van der Waals surface area (Å²) in [7, 11) is 0. The van der Waals surface area contributed by atoms with E-state index >= 15 is 0 Å². The number of nitrogens with zero attached hydrogens (tertiary/aromatic N) is 3. The van der Waals surface area contributed by atoms with Gasteiger partial charge in [0.25, 0.3) is 0 Å². The number of hydrogen-bond acceptors (Lipinski definition) is 5. The molecule has 0 fully saturated rings. The van der Waals surface area contributed by atoms with Crippen LogP contribution < -0.4 is 0 Å². The van der Waals surface area contributed by atoms with Crippen molar-refractivity contribution < 1.29 is 8.83 Å². The first-order valence-electron chi connectivity index (χ1n) is 16.6. The van der Waals surface area contributed by atoms with Gasteiger partial charge < -0.3 is 8.83 Å². The van der Waals surface area contributed by atoms with Gasteiger partial charge in [0.05, 0.1) is 0 Å². The Morgan fingerprint density at radius 3 is 1.66 bits per heavy atom. The minimum atomic E-state index is 0.619. The molecule has 0 saturated heterocycles. The van der Waals surface area contributed by atoms with Crippen molar-refractivity contribution in [1.82, 2.24) is 15.0 Å². The summed E-state index contributed by atoms with van der Waals surface area (Å²) < 4.78 is 12.9. The van der Waals surface area contributed by atoms with Crippen molar-refractivity contribution in [3.05, 3.63) is 164 Å². The highest BCUT2D eigenvalue weighted by Gasteiger charge is 2.18. The molecule has 0 radical (unpaired) electrons. The van der Waals surface area contributed by atoms with Crippen molar-refractivity contribution in [3.8, 4) is 56.4 Å². The molecule has 0 unspecified atom stereocenters. The fraction of sp³-hybridized carbons (Fsp3) is 0. The zero-order chi connectivity index (χ0) is 33.0. The molecule has 0 N–H and O–H groups in total. The van der Waals surface area contributed by atoms with Gasteiger partial charge in [-0.3, -0.25) is 0 Å². The highest BCUT2D eigenvalue weighted by Crippen LogP contribution is 2.42. The van der Waals surface area contributed by atoms with Crippen molar-refractivity contribution in [1.29, 1.82) is 0 Å². The number of benzene rings is 7. The molecular formula is C45H27N3O2. The fourth-order valence-corrected chi connectivity index (χ4v) is 6.96. The lowest BCUT2D eigenvalue weighted by Gasteiger charge is -2.09. The zero-order valence-corrected chi connectivity index (χ0v) is 26.7. The average molecular weight is 642 g/mol. The van der Waals surface area contributed by atoms with Gasteiger partial charge >= 0.3 is 0 Å². The predicted molar refractivity (Wildman–Crippen MR) is 202 cm³/mol. The average Bonchev–Trinajstić information content (AvgIpc) is 3.77. The van der Waals surface area contributed by atoms with E-state index < -0.39 is 0 Å². The van der Waals surface area contributed by atoms with Gasteiger partial charge in [-0.1, -0.05) is 133 Å². The van der Waals surface area contributed by atoms with Gasteiger partial charge in [-0.05, 0) is 47.0 Å². The Kier molecular flexibility index (Phi) is 6.42. The molecule has 0 saturated carbocycles. The molecule has 10 rings (SSSR count). The largest absolute Gasteiger partial charge is 0.456 e. The fourth-order valence-electron chi connectivity index (χ4n) is 6.96.